The number of benzene rings is 3. The van der Waals surface area contributed by atoms with Gasteiger partial charge in [0.05, 0.1) is 19.7 Å². The van der Waals surface area contributed by atoms with Gasteiger partial charge in [0, 0.05) is 10.0 Å². The molecule has 0 radical (unpaired) electrons. The molecule has 26 heavy (non-hydrogen) atoms. The second-order valence-corrected chi connectivity index (χ2v) is 6.50. The minimum Gasteiger partial charge on any atom is -0.507 e. The minimum atomic E-state index is -0.240. The average molecular weight is 413 g/mol. The molecule has 0 spiro atoms. The monoisotopic (exact) mass is 412 g/mol. The highest BCUT2D eigenvalue weighted by atomic mass is 79.9. The smallest absolute Gasteiger partial charge is 0.244 e. The van der Waals surface area contributed by atoms with Gasteiger partial charge in [-0.3, -0.25) is 4.79 Å². The summed E-state index contributed by atoms with van der Waals surface area (Å²) in [6.07, 6.45) is 1.59. The first-order valence-electron chi connectivity index (χ1n) is 7.93. The lowest BCUT2D eigenvalue weighted by Gasteiger charge is -2.07. The summed E-state index contributed by atoms with van der Waals surface area (Å²) in [4.78, 5) is 12.2. The van der Waals surface area contributed by atoms with Crippen LogP contribution in [-0.2, 0) is 11.2 Å². The number of hydrogen-bond acceptors (Lipinski definition) is 4. The molecule has 0 aliphatic heterocycles. The van der Waals surface area contributed by atoms with Gasteiger partial charge in [0.1, 0.15) is 11.5 Å². The Hall–Kier alpha value is -2.86. The van der Waals surface area contributed by atoms with Crippen LogP contribution in [0.25, 0.3) is 10.8 Å². The van der Waals surface area contributed by atoms with Gasteiger partial charge in [0.25, 0.3) is 0 Å². The molecule has 3 aromatic carbocycles. The molecular weight excluding hydrogens is 396 g/mol. The molecule has 0 saturated carbocycles. The maximum atomic E-state index is 12.2. The summed E-state index contributed by atoms with van der Waals surface area (Å²) in [7, 11) is 1.54. The Labute approximate surface area is 159 Å². The van der Waals surface area contributed by atoms with Crippen molar-refractivity contribution in [1.82, 2.24) is 5.43 Å². The van der Waals surface area contributed by atoms with E-state index in [9.17, 15) is 9.90 Å². The first-order valence-corrected chi connectivity index (χ1v) is 8.73. The number of aromatic hydroxyl groups is 1. The lowest BCUT2D eigenvalue weighted by atomic mass is 10.0. The second kappa shape index (κ2) is 8.01. The number of amides is 1. The Bertz CT molecular complexity index is 986. The van der Waals surface area contributed by atoms with Crippen LogP contribution < -0.4 is 10.2 Å². The van der Waals surface area contributed by atoms with Gasteiger partial charge in [0.2, 0.25) is 5.91 Å². The number of halogens is 1. The lowest BCUT2D eigenvalue weighted by molar-refractivity contribution is -0.120. The number of phenolic OH excluding ortho intramolecular Hbond substituents is 1. The van der Waals surface area contributed by atoms with Gasteiger partial charge in [0.15, 0.2) is 0 Å². The predicted octanol–water partition coefficient (Wildman–Crippen LogP) is 4.01. The number of methoxy groups -OCH3 is 1. The van der Waals surface area contributed by atoms with E-state index in [1.165, 1.54) is 19.4 Å². The molecule has 0 atom stereocenters. The molecule has 3 aromatic rings. The summed E-state index contributed by atoms with van der Waals surface area (Å²) in [5.74, 6) is 0.413. The number of rotatable bonds is 5. The first kappa shape index (κ1) is 17.9. The van der Waals surface area contributed by atoms with Gasteiger partial charge in [-0.25, -0.2) is 5.43 Å². The fraction of sp³-hybridized carbons (Fsp3) is 0.100. The summed E-state index contributed by atoms with van der Waals surface area (Å²) < 4.78 is 6.09. The number of hydrazone groups is 1. The van der Waals surface area contributed by atoms with Crippen LogP contribution in [0.15, 0.2) is 64.2 Å². The number of nitrogens with one attached hydrogen (secondary N) is 1. The van der Waals surface area contributed by atoms with Crippen LogP contribution >= 0.6 is 15.9 Å². The summed E-state index contributed by atoms with van der Waals surface area (Å²) >= 11 is 3.53. The molecule has 0 heterocycles. The normalized spacial score (nSPS) is 11.0. The van der Waals surface area contributed by atoms with Crippen LogP contribution in [0.2, 0.25) is 0 Å². The summed E-state index contributed by atoms with van der Waals surface area (Å²) in [6, 6.07) is 16.5. The van der Waals surface area contributed by atoms with E-state index in [1.807, 2.05) is 36.4 Å². The van der Waals surface area contributed by atoms with Crippen LogP contribution in [0, 0.1) is 0 Å². The van der Waals surface area contributed by atoms with Crippen LogP contribution in [0.5, 0.6) is 11.5 Å². The van der Waals surface area contributed by atoms with Crippen LogP contribution in [-0.4, -0.2) is 24.3 Å². The number of carbonyl (C=O) groups excluding carboxylic acids is 1. The molecule has 0 unspecified atom stereocenters. The van der Waals surface area contributed by atoms with Gasteiger partial charge in [-0.1, -0.05) is 46.3 Å². The number of nitrogens with zero attached hydrogens (tertiary/aromatic N) is 1. The Morgan fingerprint density at radius 3 is 2.73 bits per heavy atom. The molecule has 0 bridgehead atoms. The average Bonchev–Trinajstić information content (AvgIpc) is 2.66. The molecule has 5 nitrogen and oxygen atoms in total. The molecular formula is C20H17BrN2O3. The van der Waals surface area contributed by atoms with Crippen molar-refractivity contribution in [3.05, 3.63) is 70.2 Å². The standard InChI is InChI=1S/C20H17BrN2O3/c1-26-15-7-9-19(24)14(10-15)12-22-23-20(25)11-13-6-8-18(21)17-5-3-2-4-16(13)17/h2-10,12,24H,11H2,1H3,(H,23,25)/b22-12+. The Morgan fingerprint density at radius 2 is 1.96 bits per heavy atom. The molecule has 0 aromatic heterocycles. The zero-order valence-corrected chi connectivity index (χ0v) is 15.7. The third-order valence-electron chi connectivity index (χ3n) is 3.94. The fourth-order valence-corrected chi connectivity index (χ4v) is 3.11. The first-order chi connectivity index (χ1) is 12.6. The van der Waals surface area contributed by atoms with Crippen molar-refractivity contribution in [3.63, 3.8) is 0 Å². The third kappa shape index (κ3) is 4.03. The molecule has 0 aliphatic carbocycles. The lowest BCUT2D eigenvalue weighted by Crippen LogP contribution is -2.19. The van der Waals surface area contributed by atoms with Crippen molar-refractivity contribution in [2.45, 2.75) is 6.42 Å². The minimum absolute atomic E-state index is 0.0581. The number of ether oxygens (including phenoxy) is 1. The molecule has 132 valence electrons. The van der Waals surface area contributed by atoms with Crippen molar-refractivity contribution < 1.29 is 14.6 Å². The van der Waals surface area contributed by atoms with Gasteiger partial charge in [-0.05, 0) is 40.6 Å². The van der Waals surface area contributed by atoms with E-state index in [4.69, 9.17) is 4.74 Å². The van der Waals surface area contributed by atoms with Gasteiger partial charge in [-0.15, -0.1) is 0 Å². The molecule has 0 aliphatic rings. The van der Waals surface area contributed by atoms with E-state index < -0.39 is 0 Å². The fourth-order valence-electron chi connectivity index (χ4n) is 2.63. The van der Waals surface area contributed by atoms with E-state index in [1.54, 1.807) is 12.1 Å². The van der Waals surface area contributed by atoms with Crippen molar-refractivity contribution in [2.75, 3.05) is 7.11 Å². The van der Waals surface area contributed by atoms with E-state index in [0.29, 0.717) is 11.3 Å². The van der Waals surface area contributed by atoms with Crippen molar-refractivity contribution >= 4 is 38.8 Å². The largest absolute Gasteiger partial charge is 0.507 e. The van der Waals surface area contributed by atoms with Crippen LogP contribution in [0.4, 0.5) is 0 Å². The topological polar surface area (TPSA) is 70.9 Å². The SMILES string of the molecule is COc1ccc(O)c(/C=N/NC(=O)Cc2ccc(Br)c3ccccc23)c1. The van der Waals surface area contributed by atoms with E-state index in [0.717, 1.165) is 20.8 Å². The second-order valence-electron chi connectivity index (χ2n) is 5.65. The molecule has 2 N–H and O–H groups in total. The summed E-state index contributed by atoms with van der Waals surface area (Å²) in [5, 5.41) is 15.8. The third-order valence-corrected chi connectivity index (χ3v) is 4.63. The number of fused-ring (bicyclic) bond motifs is 1. The Balaban J connectivity index is 1.71. The Kier molecular flexibility index (Phi) is 5.53. The van der Waals surface area contributed by atoms with Crippen molar-refractivity contribution in [2.24, 2.45) is 5.10 Å². The van der Waals surface area contributed by atoms with E-state index >= 15 is 0 Å². The maximum absolute atomic E-state index is 12.2. The highest BCUT2D eigenvalue weighted by Gasteiger charge is 2.08. The predicted molar refractivity (Wildman–Crippen MR) is 106 cm³/mol. The van der Waals surface area contributed by atoms with E-state index in [2.05, 4.69) is 26.5 Å². The van der Waals surface area contributed by atoms with Crippen molar-refractivity contribution in [3.8, 4) is 11.5 Å². The molecule has 0 fully saturated rings. The van der Waals surface area contributed by atoms with Gasteiger partial charge < -0.3 is 9.84 Å². The summed E-state index contributed by atoms with van der Waals surface area (Å²) in [6.45, 7) is 0. The molecule has 3 rings (SSSR count). The summed E-state index contributed by atoms with van der Waals surface area (Å²) in [5.41, 5.74) is 3.87. The molecule has 6 heteroatoms. The van der Waals surface area contributed by atoms with Gasteiger partial charge >= 0.3 is 0 Å². The van der Waals surface area contributed by atoms with Crippen LogP contribution in [0.3, 0.4) is 0 Å². The van der Waals surface area contributed by atoms with Crippen LogP contribution in [0.1, 0.15) is 11.1 Å². The highest BCUT2D eigenvalue weighted by molar-refractivity contribution is 9.10. The number of hydrogen-bond donors (Lipinski definition) is 2. The molecule has 0 saturated heterocycles. The highest BCUT2D eigenvalue weighted by Crippen LogP contribution is 2.27. The zero-order chi connectivity index (χ0) is 18.5. The Morgan fingerprint density at radius 1 is 1.19 bits per heavy atom. The maximum Gasteiger partial charge on any atom is 0.244 e. The number of phenols is 1. The zero-order valence-electron chi connectivity index (χ0n) is 14.1. The number of carbonyl (C=O) groups is 1. The van der Waals surface area contributed by atoms with Gasteiger partial charge in [-0.2, -0.15) is 5.10 Å². The van der Waals surface area contributed by atoms with E-state index in [-0.39, 0.29) is 18.1 Å². The molecule has 1 amide bonds. The van der Waals surface area contributed by atoms with Crippen molar-refractivity contribution in [1.29, 1.82) is 0 Å². The quantitative estimate of drug-likeness (QED) is 0.491.